The van der Waals surface area contributed by atoms with Crippen molar-refractivity contribution < 1.29 is 4.39 Å². The zero-order valence-electron chi connectivity index (χ0n) is 8.23. The van der Waals surface area contributed by atoms with E-state index in [9.17, 15) is 4.39 Å². The first-order valence-electron chi connectivity index (χ1n) is 4.47. The van der Waals surface area contributed by atoms with Gasteiger partial charge in [0, 0.05) is 5.02 Å². The van der Waals surface area contributed by atoms with E-state index in [0.717, 1.165) is 0 Å². The molecule has 0 radical (unpaired) electrons. The molecule has 0 saturated heterocycles. The Hall–Kier alpha value is -1.20. The molecule has 2 rings (SSSR count). The molecule has 0 amide bonds. The molecule has 0 aliphatic carbocycles. The van der Waals surface area contributed by atoms with Crippen LogP contribution in [-0.4, -0.2) is 20.2 Å². The maximum Gasteiger partial charge on any atom is 0.174 e. The molecule has 1 unspecified atom stereocenters. The first-order valence-corrected chi connectivity index (χ1v) is 5.29. The van der Waals surface area contributed by atoms with Crippen molar-refractivity contribution in [1.82, 2.24) is 20.2 Å². The summed E-state index contributed by atoms with van der Waals surface area (Å²) >= 11 is 11.5. The van der Waals surface area contributed by atoms with Crippen LogP contribution in [0.15, 0.2) is 18.2 Å². The lowest BCUT2D eigenvalue weighted by Crippen LogP contribution is -2.05. The van der Waals surface area contributed by atoms with E-state index in [1.54, 1.807) is 13.0 Å². The Morgan fingerprint density at radius 1 is 1.44 bits per heavy atom. The number of hydrogen-bond donors (Lipinski definition) is 0. The molecule has 0 aliphatic heterocycles. The number of hydrogen-bond acceptors (Lipinski definition) is 3. The van der Waals surface area contributed by atoms with Gasteiger partial charge in [-0.15, -0.1) is 16.7 Å². The Labute approximate surface area is 101 Å². The average Bonchev–Trinajstić information content (AvgIpc) is 2.66. The van der Waals surface area contributed by atoms with Gasteiger partial charge in [0.05, 0.1) is 5.38 Å². The van der Waals surface area contributed by atoms with Crippen LogP contribution >= 0.6 is 23.2 Å². The van der Waals surface area contributed by atoms with Crippen LogP contribution in [0.5, 0.6) is 0 Å². The normalized spacial score (nSPS) is 12.8. The SMILES string of the molecule is CC(Cl)c1nnnn1-c1ccc(Cl)cc1F. The summed E-state index contributed by atoms with van der Waals surface area (Å²) in [5.41, 5.74) is 0.219. The van der Waals surface area contributed by atoms with Crippen LogP contribution in [-0.2, 0) is 0 Å². The van der Waals surface area contributed by atoms with Gasteiger partial charge in [-0.2, -0.15) is 4.68 Å². The van der Waals surface area contributed by atoms with Gasteiger partial charge in [-0.1, -0.05) is 11.6 Å². The molecule has 0 N–H and O–H groups in total. The van der Waals surface area contributed by atoms with Crippen molar-refractivity contribution >= 4 is 23.2 Å². The number of halogens is 3. The highest BCUT2D eigenvalue weighted by molar-refractivity contribution is 6.30. The molecule has 0 saturated carbocycles. The summed E-state index contributed by atoms with van der Waals surface area (Å²) in [7, 11) is 0. The highest BCUT2D eigenvalue weighted by Gasteiger charge is 2.16. The summed E-state index contributed by atoms with van der Waals surface area (Å²) in [6, 6.07) is 4.25. The van der Waals surface area contributed by atoms with E-state index in [-0.39, 0.29) is 5.69 Å². The molecule has 1 aromatic heterocycles. The number of tetrazole rings is 1. The van der Waals surface area contributed by atoms with Crippen LogP contribution in [0, 0.1) is 5.82 Å². The van der Waals surface area contributed by atoms with Crippen LogP contribution in [0.3, 0.4) is 0 Å². The van der Waals surface area contributed by atoms with E-state index in [4.69, 9.17) is 23.2 Å². The van der Waals surface area contributed by atoms with Gasteiger partial charge in [0.25, 0.3) is 0 Å². The molecule has 0 fully saturated rings. The van der Waals surface area contributed by atoms with Crippen molar-refractivity contribution in [3.8, 4) is 5.69 Å². The number of aromatic nitrogens is 4. The Morgan fingerprint density at radius 3 is 2.81 bits per heavy atom. The van der Waals surface area contributed by atoms with Crippen LogP contribution in [0.1, 0.15) is 18.1 Å². The predicted molar refractivity (Wildman–Crippen MR) is 58.4 cm³/mol. The highest BCUT2D eigenvalue weighted by atomic mass is 35.5. The van der Waals surface area contributed by atoms with Gasteiger partial charge in [-0.05, 0) is 35.5 Å². The maximum absolute atomic E-state index is 13.6. The molecule has 0 spiro atoms. The number of alkyl halides is 1. The molecule has 1 atom stereocenters. The fourth-order valence-corrected chi connectivity index (χ4v) is 1.56. The molecule has 16 heavy (non-hydrogen) atoms. The van der Waals surface area contributed by atoms with Crippen LogP contribution in [0.2, 0.25) is 5.02 Å². The van der Waals surface area contributed by atoms with Gasteiger partial charge >= 0.3 is 0 Å². The van der Waals surface area contributed by atoms with Crippen molar-refractivity contribution in [3.05, 3.63) is 34.9 Å². The summed E-state index contributed by atoms with van der Waals surface area (Å²) in [5.74, 6) is -0.124. The molecule has 0 aliphatic rings. The second-order valence-corrected chi connectivity index (χ2v) is 4.25. The first-order chi connectivity index (χ1) is 7.59. The quantitative estimate of drug-likeness (QED) is 0.780. The monoisotopic (exact) mass is 260 g/mol. The molecule has 7 heteroatoms. The number of benzene rings is 1. The fraction of sp³-hybridized carbons (Fsp3) is 0.222. The molecule has 1 aromatic carbocycles. The van der Waals surface area contributed by atoms with E-state index >= 15 is 0 Å². The van der Waals surface area contributed by atoms with E-state index in [1.165, 1.54) is 16.8 Å². The van der Waals surface area contributed by atoms with E-state index in [0.29, 0.717) is 10.8 Å². The largest absolute Gasteiger partial charge is 0.205 e. The van der Waals surface area contributed by atoms with Crippen molar-refractivity contribution in [2.45, 2.75) is 12.3 Å². The molecule has 2 aromatic rings. The van der Waals surface area contributed by atoms with Gasteiger partial charge in [-0.25, -0.2) is 4.39 Å². The van der Waals surface area contributed by atoms with Crippen molar-refractivity contribution in [1.29, 1.82) is 0 Å². The van der Waals surface area contributed by atoms with E-state index in [1.807, 2.05) is 0 Å². The number of rotatable bonds is 2. The summed E-state index contributed by atoms with van der Waals surface area (Å²) in [5, 5.41) is 10.8. The molecule has 84 valence electrons. The Kier molecular flexibility index (Phi) is 3.07. The minimum Gasteiger partial charge on any atom is -0.205 e. The third-order valence-electron chi connectivity index (χ3n) is 1.99. The lowest BCUT2D eigenvalue weighted by atomic mass is 10.3. The maximum atomic E-state index is 13.6. The standard InChI is InChI=1S/C9H7Cl2FN4/c1-5(10)9-13-14-15-16(9)8-3-2-6(11)4-7(8)12/h2-5H,1H3. The Morgan fingerprint density at radius 2 is 2.19 bits per heavy atom. The predicted octanol–water partition coefficient (Wildman–Crippen LogP) is 2.75. The average molecular weight is 261 g/mol. The van der Waals surface area contributed by atoms with Crippen LogP contribution in [0.4, 0.5) is 4.39 Å². The molecule has 4 nitrogen and oxygen atoms in total. The van der Waals surface area contributed by atoms with Gasteiger partial charge in [-0.3, -0.25) is 0 Å². The van der Waals surface area contributed by atoms with Crippen LogP contribution in [0.25, 0.3) is 5.69 Å². The summed E-state index contributed by atoms with van der Waals surface area (Å²) in [6.45, 7) is 1.71. The van der Waals surface area contributed by atoms with Gasteiger partial charge in [0.15, 0.2) is 5.82 Å². The van der Waals surface area contributed by atoms with Crippen molar-refractivity contribution in [2.75, 3.05) is 0 Å². The van der Waals surface area contributed by atoms with Crippen molar-refractivity contribution in [3.63, 3.8) is 0 Å². The van der Waals surface area contributed by atoms with Gasteiger partial charge < -0.3 is 0 Å². The van der Waals surface area contributed by atoms with Crippen LogP contribution < -0.4 is 0 Å². The first kappa shape index (κ1) is 11.3. The summed E-state index contributed by atoms with van der Waals surface area (Å²) in [6.07, 6.45) is 0. The van der Waals surface area contributed by atoms with Crippen molar-refractivity contribution in [2.24, 2.45) is 0 Å². The number of nitrogens with zero attached hydrogens (tertiary/aromatic N) is 4. The third-order valence-corrected chi connectivity index (χ3v) is 2.42. The minimum absolute atomic E-state index is 0.219. The topological polar surface area (TPSA) is 43.6 Å². The minimum atomic E-state index is -0.502. The van der Waals surface area contributed by atoms with E-state index < -0.39 is 11.2 Å². The lowest BCUT2D eigenvalue weighted by molar-refractivity contribution is 0.602. The lowest BCUT2D eigenvalue weighted by Gasteiger charge is -2.06. The highest BCUT2D eigenvalue weighted by Crippen LogP contribution is 2.22. The fourth-order valence-electron chi connectivity index (χ4n) is 1.27. The molecular formula is C9H7Cl2FN4. The Balaban J connectivity index is 2.54. The smallest absolute Gasteiger partial charge is 0.174 e. The Bertz CT molecular complexity index is 512. The van der Waals surface area contributed by atoms with Gasteiger partial charge in [0.1, 0.15) is 11.5 Å². The molecule has 1 heterocycles. The second-order valence-electron chi connectivity index (χ2n) is 3.16. The molecule has 0 bridgehead atoms. The molecular weight excluding hydrogens is 254 g/mol. The van der Waals surface area contributed by atoms with Gasteiger partial charge in [0.2, 0.25) is 0 Å². The zero-order chi connectivity index (χ0) is 11.7. The third kappa shape index (κ3) is 2.01. The summed E-state index contributed by atoms with van der Waals surface area (Å²) < 4.78 is 14.9. The summed E-state index contributed by atoms with van der Waals surface area (Å²) in [4.78, 5) is 0. The zero-order valence-corrected chi connectivity index (χ0v) is 9.74. The van der Waals surface area contributed by atoms with E-state index in [2.05, 4.69) is 15.5 Å². The second kappa shape index (κ2) is 4.35.